The Hall–Kier alpha value is 0.270. The van der Waals surface area contributed by atoms with Gasteiger partial charge >= 0.3 is 0 Å². The fourth-order valence-corrected chi connectivity index (χ4v) is 3.88. The van der Waals surface area contributed by atoms with Gasteiger partial charge < -0.3 is 10.6 Å². The lowest BCUT2D eigenvalue weighted by Crippen LogP contribution is -2.47. The van der Waals surface area contributed by atoms with Gasteiger partial charge in [-0.05, 0) is 63.0 Å². The first kappa shape index (κ1) is 16.3. The lowest BCUT2D eigenvalue weighted by Gasteiger charge is -2.41. The maximum absolute atomic E-state index is 6.38. The minimum absolute atomic E-state index is 0.402. The largest absolute Gasteiger partial charge is 0.327 e. The molecule has 0 heterocycles. The second-order valence-electron chi connectivity index (χ2n) is 6.45. The summed E-state index contributed by atoms with van der Waals surface area (Å²) < 4.78 is 0. The molecule has 3 heteroatoms. The van der Waals surface area contributed by atoms with Crippen LogP contribution in [0.25, 0.3) is 0 Å². The summed E-state index contributed by atoms with van der Waals surface area (Å²) >= 11 is 1.94. The van der Waals surface area contributed by atoms with Gasteiger partial charge in [0.05, 0.1) is 0 Å². The minimum Gasteiger partial charge on any atom is -0.327 e. The van der Waals surface area contributed by atoms with Gasteiger partial charge in [-0.25, -0.2) is 0 Å². The van der Waals surface area contributed by atoms with Crippen molar-refractivity contribution in [2.75, 3.05) is 25.6 Å². The van der Waals surface area contributed by atoms with E-state index in [0.29, 0.717) is 18.0 Å². The van der Waals surface area contributed by atoms with Crippen molar-refractivity contribution in [3.8, 4) is 0 Å². The molecule has 0 aromatic rings. The van der Waals surface area contributed by atoms with Gasteiger partial charge in [-0.15, -0.1) is 0 Å². The van der Waals surface area contributed by atoms with Crippen LogP contribution in [0.4, 0.5) is 0 Å². The fourth-order valence-electron chi connectivity index (χ4n) is 3.30. The van der Waals surface area contributed by atoms with E-state index in [1.165, 1.54) is 31.6 Å². The summed E-state index contributed by atoms with van der Waals surface area (Å²) in [6.45, 7) is 8.25. The van der Waals surface area contributed by atoms with Crippen LogP contribution in [0.2, 0.25) is 0 Å². The Kier molecular flexibility index (Phi) is 7.04. The average molecular weight is 273 g/mol. The predicted octanol–water partition coefficient (Wildman–Crippen LogP) is 3.07. The van der Waals surface area contributed by atoms with Gasteiger partial charge in [-0.1, -0.05) is 13.8 Å². The first-order valence-corrected chi connectivity index (χ1v) is 8.79. The first-order chi connectivity index (χ1) is 8.45. The third-order valence-electron chi connectivity index (χ3n) is 4.72. The number of hydrogen-bond donors (Lipinski definition) is 1. The molecule has 0 bridgehead atoms. The maximum atomic E-state index is 6.38. The minimum atomic E-state index is 0.402. The zero-order chi connectivity index (χ0) is 13.7. The Bertz CT molecular complexity index is 223. The van der Waals surface area contributed by atoms with Crippen LogP contribution < -0.4 is 5.73 Å². The highest BCUT2D eigenvalue weighted by Gasteiger charge is 2.32. The van der Waals surface area contributed by atoms with E-state index in [2.05, 4.69) is 39.0 Å². The highest BCUT2D eigenvalue weighted by molar-refractivity contribution is 7.98. The molecule has 1 fully saturated rings. The van der Waals surface area contributed by atoms with Gasteiger partial charge in [-0.2, -0.15) is 11.8 Å². The van der Waals surface area contributed by atoms with Crippen LogP contribution in [0.3, 0.4) is 0 Å². The Morgan fingerprint density at radius 3 is 2.56 bits per heavy atom. The van der Waals surface area contributed by atoms with E-state index in [9.17, 15) is 0 Å². The Morgan fingerprint density at radius 2 is 2.00 bits per heavy atom. The topological polar surface area (TPSA) is 29.3 Å². The first-order valence-electron chi connectivity index (χ1n) is 7.40. The van der Waals surface area contributed by atoms with Gasteiger partial charge in [-0.3, -0.25) is 0 Å². The smallest absolute Gasteiger partial charge is 0.00844 e. The van der Waals surface area contributed by atoms with Crippen LogP contribution in [0.1, 0.15) is 40.0 Å². The van der Waals surface area contributed by atoms with Crippen LogP contribution >= 0.6 is 11.8 Å². The second-order valence-corrected chi connectivity index (χ2v) is 7.44. The lowest BCUT2D eigenvalue weighted by molar-refractivity contribution is 0.112. The molecule has 0 saturated heterocycles. The summed E-state index contributed by atoms with van der Waals surface area (Å²) in [4.78, 5) is 2.52. The van der Waals surface area contributed by atoms with Crippen molar-refractivity contribution < 1.29 is 0 Å². The summed E-state index contributed by atoms with van der Waals surface area (Å²) in [5.41, 5.74) is 6.38. The molecule has 0 aromatic heterocycles. The van der Waals surface area contributed by atoms with Crippen LogP contribution in [0.5, 0.6) is 0 Å². The third kappa shape index (κ3) is 4.75. The van der Waals surface area contributed by atoms with Crippen LogP contribution in [-0.2, 0) is 0 Å². The molecule has 2 N–H and O–H groups in total. The average Bonchev–Trinajstić information content (AvgIpc) is 2.30. The van der Waals surface area contributed by atoms with E-state index >= 15 is 0 Å². The van der Waals surface area contributed by atoms with Gasteiger partial charge in [0.1, 0.15) is 0 Å². The molecule has 2 nitrogen and oxygen atoms in total. The third-order valence-corrected chi connectivity index (χ3v) is 5.36. The number of nitrogens with zero attached hydrogens (tertiary/aromatic N) is 1. The number of rotatable bonds is 6. The molecule has 1 aliphatic carbocycles. The van der Waals surface area contributed by atoms with E-state index in [1.807, 2.05) is 11.8 Å². The highest BCUT2D eigenvalue weighted by atomic mass is 32.2. The van der Waals surface area contributed by atoms with Crippen molar-refractivity contribution >= 4 is 11.8 Å². The monoisotopic (exact) mass is 272 g/mol. The molecule has 1 rings (SSSR count). The Labute approximate surface area is 118 Å². The molecule has 0 amide bonds. The normalized spacial score (nSPS) is 34.8. The molecule has 0 radical (unpaired) electrons. The van der Waals surface area contributed by atoms with E-state index in [-0.39, 0.29) is 0 Å². The second kappa shape index (κ2) is 7.76. The van der Waals surface area contributed by atoms with E-state index < -0.39 is 0 Å². The van der Waals surface area contributed by atoms with Crippen LogP contribution in [-0.4, -0.2) is 42.6 Å². The van der Waals surface area contributed by atoms with Crippen molar-refractivity contribution in [1.29, 1.82) is 0 Å². The summed E-state index contributed by atoms with van der Waals surface area (Å²) in [7, 11) is 2.27. The lowest BCUT2D eigenvalue weighted by atomic mass is 9.72. The Balaban J connectivity index is 2.44. The van der Waals surface area contributed by atoms with Crippen molar-refractivity contribution in [2.24, 2.45) is 23.5 Å². The van der Waals surface area contributed by atoms with Crippen molar-refractivity contribution in [3.05, 3.63) is 0 Å². The van der Waals surface area contributed by atoms with Gasteiger partial charge in [0.15, 0.2) is 0 Å². The predicted molar refractivity (Wildman–Crippen MR) is 84.1 cm³/mol. The summed E-state index contributed by atoms with van der Waals surface area (Å²) in [6, 6.07) is 1.08. The van der Waals surface area contributed by atoms with Crippen molar-refractivity contribution in [3.63, 3.8) is 0 Å². The summed E-state index contributed by atoms with van der Waals surface area (Å²) in [5.74, 6) is 3.53. The number of thioether (sulfide) groups is 1. The molecule has 0 spiro atoms. The molecule has 1 aliphatic rings. The fraction of sp³-hybridized carbons (Fsp3) is 1.00. The zero-order valence-electron chi connectivity index (χ0n) is 12.9. The molecule has 108 valence electrons. The highest BCUT2D eigenvalue weighted by Crippen LogP contribution is 2.33. The quantitative estimate of drug-likeness (QED) is 0.806. The maximum Gasteiger partial charge on any atom is 0.00844 e. The summed E-state index contributed by atoms with van der Waals surface area (Å²) in [5, 5.41) is 0. The van der Waals surface area contributed by atoms with Crippen molar-refractivity contribution in [2.45, 2.75) is 52.1 Å². The molecule has 0 aliphatic heterocycles. The van der Waals surface area contributed by atoms with Gasteiger partial charge in [0.2, 0.25) is 0 Å². The molecule has 0 aromatic carbocycles. The molecule has 1 saturated carbocycles. The van der Waals surface area contributed by atoms with Gasteiger partial charge in [0, 0.05) is 18.6 Å². The van der Waals surface area contributed by atoms with Crippen LogP contribution in [0.15, 0.2) is 0 Å². The van der Waals surface area contributed by atoms with E-state index in [1.54, 1.807) is 0 Å². The summed E-state index contributed by atoms with van der Waals surface area (Å²) in [6.07, 6.45) is 6.03. The molecular formula is C15H32N2S. The van der Waals surface area contributed by atoms with Gasteiger partial charge in [0.25, 0.3) is 0 Å². The van der Waals surface area contributed by atoms with E-state index in [0.717, 1.165) is 11.8 Å². The zero-order valence-corrected chi connectivity index (χ0v) is 13.7. The molecule has 5 atom stereocenters. The Morgan fingerprint density at radius 1 is 1.33 bits per heavy atom. The molecule has 18 heavy (non-hydrogen) atoms. The number of nitrogens with two attached hydrogens (primary N) is 1. The molecule has 5 unspecified atom stereocenters. The standard InChI is InChI=1S/C15H32N2S/c1-11-8-12(2)14(15(16)9-11)10-17(4)13(3)6-7-18-5/h11-15H,6-10,16H2,1-5H3. The van der Waals surface area contributed by atoms with Crippen LogP contribution in [0, 0.1) is 17.8 Å². The molecular weight excluding hydrogens is 240 g/mol. The van der Waals surface area contributed by atoms with Crippen molar-refractivity contribution in [1.82, 2.24) is 4.90 Å². The van der Waals surface area contributed by atoms with E-state index in [4.69, 9.17) is 5.73 Å². The SMILES string of the molecule is CSCCC(C)N(C)CC1C(C)CC(C)CC1N. The number of hydrogen-bond acceptors (Lipinski definition) is 3.